The van der Waals surface area contributed by atoms with Gasteiger partial charge in [-0.1, -0.05) is 0 Å². The first-order valence-electron chi connectivity index (χ1n) is 8.96. The molecule has 5 rings (SSSR count). The summed E-state index contributed by atoms with van der Waals surface area (Å²) in [6.45, 7) is 0.622. The van der Waals surface area contributed by atoms with Crippen molar-refractivity contribution < 1.29 is 33.4 Å². The summed E-state index contributed by atoms with van der Waals surface area (Å²) in [5, 5.41) is 10.8. The zero-order valence-electron chi connectivity index (χ0n) is 15.2. The second-order valence-electron chi connectivity index (χ2n) is 6.75. The molecule has 7 nitrogen and oxygen atoms in total. The van der Waals surface area contributed by atoms with Gasteiger partial charge in [0.15, 0.2) is 42.3 Å². The van der Waals surface area contributed by atoms with Crippen LogP contribution in [0, 0.1) is 0 Å². The van der Waals surface area contributed by atoms with Crippen LogP contribution in [-0.4, -0.2) is 31.6 Å². The van der Waals surface area contributed by atoms with E-state index in [1.807, 2.05) is 18.3 Å². The number of benzene rings is 2. The number of aliphatic carboxylic acids is 1. The van der Waals surface area contributed by atoms with Crippen LogP contribution in [0.15, 0.2) is 36.5 Å². The summed E-state index contributed by atoms with van der Waals surface area (Å²) in [7, 11) is 1.54. The quantitative estimate of drug-likeness (QED) is 0.701. The number of carbonyl (C=O) groups is 1. The third-order valence-corrected chi connectivity index (χ3v) is 5.14. The molecule has 3 heterocycles. The Bertz CT molecular complexity index is 1120. The average molecular weight is 380 g/mol. The van der Waals surface area contributed by atoms with Gasteiger partial charge in [-0.2, -0.15) is 4.57 Å². The molecule has 0 saturated carbocycles. The summed E-state index contributed by atoms with van der Waals surface area (Å²) >= 11 is 0. The van der Waals surface area contributed by atoms with Crippen molar-refractivity contribution >= 4 is 16.7 Å². The summed E-state index contributed by atoms with van der Waals surface area (Å²) in [6.07, 6.45) is 2.86. The number of hydrogen-bond donors (Lipinski definition) is 1. The molecule has 0 fully saturated rings. The molecule has 0 bridgehead atoms. The number of ether oxygens (including phenoxy) is 4. The maximum Gasteiger partial charge on any atom is 0.341 e. The standard InChI is InChI=1S/C21H17NO6/c1-25-17-3-2-12-6-16-14-8-19-18(27-11-28-19)7-13(14)4-5-22(16)9-15(12)21(17)26-10-20(23)24/h2-3,6-9H,4-5,10-11H2,1H3/p+1. The van der Waals surface area contributed by atoms with E-state index in [2.05, 4.69) is 16.7 Å². The molecule has 0 unspecified atom stereocenters. The minimum atomic E-state index is -1.03. The molecule has 0 atom stereocenters. The SMILES string of the molecule is COc1ccc2cc3[n+](cc2c1OCC(=O)O)CCc1cc2c(cc1-3)OCO2. The first kappa shape index (κ1) is 16.7. The van der Waals surface area contributed by atoms with Gasteiger partial charge >= 0.3 is 5.97 Å². The van der Waals surface area contributed by atoms with Gasteiger partial charge in [0.05, 0.1) is 18.1 Å². The molecule has 0 amide bonds. The maximum absolute atomic E-state index is 11.0. The normalized spacial score (nSPS) is 13.8. The Hall–Kier alpha value is -3.48. The van der Waals surface area contributed by atoms with Crippen LogP contribution in [0.3, 0.4) is 0 Å². The zero-order valence-corrected chi connectivity index (χ0v) is 15.2. The number of rotatable bonds is 4. The summed E-state index contributed by atoms with van der Waals surface area (Å²) in [5.74, 6) is 1.47. The molecule has 0 radical (unpaired) electrons. The van der Waals surface area contributed by atoms with Crippen LogP contribution in [0.1, 0.15) is 5.56 Å². The summed E-state index contributed by atoms with van der Waals surface area (Å²) < 4.78 is 24.1. The van der Waals surface area contributed by atoms with Crippen molar-refractivity contribution in [3.8, 4) is 34.3 Å². The van der Waals surface area contributed by atoms with E-state index in [1.54, 1.807) is 13.2 Å². The fourth-order valence-electron chi connectivity index (χ4n) is 3.84. The summed E-state index contributed by atoms with van der Waals surface area (Å²) in [6, 6.07) is 9.91. The Morgan fingerprint density at radius 2 is 2.04 bits per heavy atom. The van der Waals surface area contributed by atoms with Crippen molar-refractivity contribution in [1.29, 1.82) is 0 Å². The number of carboxylic acid groups (broad SMARTS) is 1. The Labute approximate surface area is 160 Å². The van der Waals surface area contributed by atoms with Gasteiger partial charge in [-0.3, -0.25) is 0 Å². The Morgan fingerprint density at radius 1 is 1.21 bits per heavy atom. The smallest absolute Gasteiger partial charge is 0.341 e. The van der Waals surface area contributed by atoms with Gasteiger partial charge in [-0.25, -0.2) is 4.79 Å². The molecular weight excluding hydrogens is 362 g/mol. The predicted molar refractivity (Wildman–Crippen MR) is 99.1 cm³/mol. The number of pyridine rings is 1. The number of fused-ring (bicyclic) bond motifs is 5. The first-order chi connectivity index (χ1) is 13.6. The van der Waals surface area contributed by atoms with E-state index in [9.17, 15) is 4.79 Å². The highest BCUT2D eigenvalue weighted by Crippen LogP contribution is 2.41. The Kier molecular flexibility index (Phi) is 3.75. The second kappa shape index (κ2) is 6.30. The highest BCUT2D eigenvalue weighted by atomic mass is 16.7. The van der Waals surface area contributed by atoms with Crippen LogP contribution >= 0.6 is 0 Å². The van der Waals surface area contributed by atoms with Crippen LogP contribution in [0.5, 0.6) is 23.0 Å². The number of methoxy groups -OCH3 is 1. The van der Waals surface area contributed by atoms with Crippen LogP contribution in [0.4, 0.5) is 0 Å². The largest absolute Gasteiger partial charge is 0.493 e. The minimum Gasteiger partial charge on any atom is -0.493 e. The third kappa shape index (κ3) is 2.58. The molecule has 28 heavy (non-hydrogen) atoms. The monoisotopic (exact) mass is 380 g/mol. The number of aryl methyl sites for hydroxylation is 2. The Balaban J connectivity index is 1.68. The number of hydrogen-bond acceptors (Lipinski definition) is 5. The zero-order chi connectivity index (χ0) is 19.3. The van der Waals surface area contributed by atoms with Crippen molar-refractivity contribution in [3.05, 3.63) is 42.1 Å². The highest BCUT2D eigenvalue weighted by molar-refractivity contribution is 5.92. The molecule has 2 aromatic carbocycles. The molecule has 2 aliphatic heterocycles. The lowest BCUT2D eigenvalue weighted by Crippen LogP contribution is -2.40. The van der Waals surface area contributed by atoms with Crippen LogP contribution in [-0.2, 0) is 17.8 Å². The van der Waals surface area contributed by atoms with E-state index in [0.29, 0.717) is 11.5 Å². The van der Waals surface area contributed by atoms with E-state index in [4.69, 9.17) is 24.1 Å². The fourth-order valence-corrected chi connectivity index (χ4v) is 3.84. The molecule has 1 aromatic heterocycles. The third-order valence-electron chi connectivity index (χ3n) is 5.14. The van der Waals surface area contributed by atoms with Crippen molar-refractivity contribution in [2.75, 3.05) is 20.5 Å². The van der Waals surface area contributed by atoms with E-state index in [1.165, 1.54) is 5.56 Å². The van der Waals surface area contributed by atoms with Crippen LogP contribution < -0.4 is 23.5 Å². The Morgan fingerprint density at radius 3 is 2.82 bits per heavy atom. The topological polar surface area (TPSA) is 78.1 Å². The summed E-state index contributed by atoms with van der Waals surface area (Å²) in [5.41, 5.74) is 3.40. The lowest BCUT2D eigenvalue weighted by molar-refractivity contribution is -0.686. The van der Waals surface area contributed by atoms with Crippen LogP contribution in [0.25, 0.3) is 22.0 Å². The van der Waals surface area contributed by atoms with Crippen molar-refractivity contribution in [1.82, 2.24) is 0 Å². The lowest BCUT2D eigenvalue weighted by Gasteiger charge is -2.17. The predicted octanol–water partition coefficient (Wildman–Crippen LogP) is 2.55. The van der Waals surface area contributed by atoms with Gasteiger partial charge in [0.1, 0.15) is 0 Å². The molecule has 142 valence electrons. The first-order valence-corrected chi connectivity index (χ1v) is 8.96. The lowest BCUT2D eigenvalue weighted by atomic mass is 9.95. The second-order valence-corrected chi connectivity index (χ2v) is 6.75. The molecule has 0 saturated heterocycles. The maximum atomic E-state index is 11.0. The molecule has 1 N–H and O–H groups in total. The van der Waals surface area contributed by atoms with Gasteiger partial charge in [0, 0.05) is 12.5 Å². The van der Waals surface area contributed by atoms with Gasteiger partial charge in [0.25, 0.3) is 0 Å². The van der Waals surface area contributed by atoms with Gasteiger partial charge in [-0.05, 0) is 35.2 Å². The van der Waals surface area contributed by atoms with Gasteiger partial charge in [-0.15, -0.1) is 0 Å². The van der Waals surface area contributed by atoms with E-state index in [-0.39, 0.29) is 6.79 Å². The van der Waals surface area contributed by atoms with Crippen molar-refractivity contribution in [2.45, 2.75) is 13.0 Å². The minimum absolute atomic E-state index is 0.250. The van der Waals surface area contributed by atoms with E-state index < -0.39 is 12.6 Å². The number of aromatic nitrogens is 1. The molecule has 3 aromatic rings. The number of nitrogens with zero attached hydrogens (tertiary/aromatic N) is 1. The number of carboxylic acids is 1. The van der Waals surface area contributed by atoms with Gasteiger partial charge < -0.3 is 24.1 Å². The molecule has 0 spiro atoms. The van der Waals surface area contributed by atoms with E-state index >= 15 is 0 Å². The van der Waals surface area contributed by atoms with Gasteiger partial charge in [0.2, 0.25) is 12.5 Å². The summed E-state index contributed by atoms with van der Waals surface area (Å²) in [4.78, 5) is 11.0. The highest BCUT2D eigenvalue weighted by Gasteiger charge is 2.28. The van der Waals surface area contributed by atoms with E-state index in [0.717, 1.165) is 46.5 Å². The molecule has 0 aliphatic carbocycles. The fraction of sp³-hybridized carbons (Fsp3) is 0.238. The average Bonchev–Trinajstić information content (AvgIpc) is 3.16. The van der Waals surface area contributed by atoms with Crippen molar-refractivity contribution in [2.24, 2.45) is 0 Å². The van der Waals surface area contributed by atoms with Crippen molar-refractivity contribution in [3.63, 3.8) is 0 Å². The van der Waals surface area contributed by atoms with Crippen LogP contribution in [0.2, 0.25) is 0 Å². The molecule has 2 aliphatic rings. The molecular formula is C21H18NO6+. The molecule has 7 heteroatoms.